The zero-order valence-electron chi connectivity index (χ0n) is 22.6. The number of hydrogen-bond donors (Lipinski definition) is 0. The number of aromatic nitrogens is 2. The molecule has 0 saturated heterocycles. The van der Waals surface area contributed by atoms with Crippen LogP contribution in [0.4, 0.5) is 25.0 Å². The Morgan fingerprint density at radius 3 is 2.29 bits per heavy atom. The fraction of sp³-hybridized carbons (Fsp3) is 0.214. The van der Waals surface area contributed by atoms with Crippen molar-refractivity contribution in [2.45, 2.75) is 18.4 Å². The number of benzene rings is 2. The van der Waals surface area contributed by atoms with Gasteiger partial charge in [0.2, 0.25) is 0 Å². The van der Waals surface area contributed by atoms with E-state index >= 15 is 8.78 Å². The molecule has 5 rings (SSSR count). The van der Waals surface area contributed by atoms with Crippen molar-refractivity contribution in [3.8, 4) is 11.5 Å². The van der Waals surface area contributed by atoms with Gasteiger partial charge in [0.15, 0.2) is 28.8 Å². The fourth-order valence-corrected chi connectivity index (χ4v) is 6.24. The lowest BCUT2D eigenvalue weighted by Crippen LogP contribution is -2.46. The lowest BCUT2D eigenvalue weighted by Gasteiger charge is -2.35. The summed E-state index contributed by atoms with van der Waals surface area (Å²) in [5.74, 6) is -2.76. The number of fused-ring (bicyclic) bond motifs is 3. The summed E-state index contributed by atoms with van der Waals surface area (Å²) in [6, 6.07) is 9.72. The molecule has 2 aromatic heterocycles. The minimum absolute atomic E-state index is 0.0385. The van der Waals surface area contributed by atoms with Gasteiger partial charge >= 0.3 is 6.03 Å². The molecular formula is C28H26F2N4O6S. The van der Waals surface area contributed by atoms with E-state index in [4.69, 9.17) is 14.2 Å². The first-order chi connectivity index (χ1) is 19.6. The molecule has 0 unspecified atom stereocenters. The summed E-state index contributed by atoms with van der Waals surface area (Å²) in [6.45, 7) is 1.89. The molecule has 4 aromatic rings. The molecule has 13 heteroatoms. The van der Waals surface area contributed by atoms with E-state index in [0.29, 0.717) is 23.2 Å². The number of nitrogens with zero attached hydrogens (tertiary/aromatic N) is 4. The van der Waals surface area contributed by atoms with E-state index < -0.39 is 33.4 Å². The SMILES string of the molecule is CCOC=Cc1cc2c3c(cnc2n1S(=O)(=O)c1ccccc1)CN(c1c(F)c(OC)cc(OC)c1F)C(=O)N3C. The summed E-state index contributed by atoms with van der Waals surface area (Å²) in [6.07, 6.45) is 4.24. The number of methoxy groups -OCH3 is 2. The average Bonchev–Trinajstić information content (AvgIpc) is 3.35. The quantitative estimate of drug-likeness (QED) is 0.264. The maximum atomic E-state index is 15.3. The summed E-state index contributed by atoms with van der Waals surface area (Å²) < 4.78 is 74.6. The number of pyridine rings is 1. The Hall–Kier alpha value is -4.65. The maximum Gasteiger partial charge on any atom is 0.329 e. The summed E-state index contributed by atoms with van der Waals surface area (Å²) in [5, 5.41) is 0.345. The van der Waals surface area contributed by atoms with Gasteiger partial charge in [0, 0.05) is 30.3 Å². The summed E-state index contributed by atoms with van der Waals surface area (Å²) in [4.78, 5) is 20.2. The number of amides is 2. The first kappa shape index (κ1) is 27.9. The summed E-state index contributed by atoms with van der Waals surface area (Å²) >= 11 is 0. The van der Waals surface area contributed by atoms with Gasteiger partial charge in [0.05, 0.1) is 49.9 Å². The molecule has 0 fully saturated rings. The maximum absolute atomic E-state index is 15.3. The smallest absolute Gasteiger partial charge is 0.329 e. The minimum Gasteiger partial charge on any atom is -0.501 e. The van der Waals surface area contributed by atoms with Crippen molar-refractivity contribution in [3.63, 3.8) is 0 Å². The predicted octanol–water partition coefficient (Wildman–Crippen LogP) is 5.15. The van der Waals surface area contributed by atoms with Crippen molar-refractivity contribution in [3.05, 3.63) is 77.8 Å². The van der Waals surface area contributed by atoms with Gasteiger partial charge < -0.3 is 14.2 Å². The Balaban J connectivity index is 1.71. The molecule has 2 amide bonds. The molecular weight excluding hydrogens is 558 g/mol. The van der Waals surface area contributed by atoms with E-state index in [-0.39, 0.29) is 34.3 Å². The van der Waals surface area contributed by atoms with Crippen LogP contribution in [0, 0.1) is 11.6 Å². The van der Waals surface area contributed by atoms with E-state index in [9.17, 15) is 13.2 Å². The molecule has 0 spiro atoms. The number of ether oxygens (including phenoxy) is 3. The highest BCUT2D eigenvalue weighted by atomic mass is 32.2. The highest BCUT2D eigenvalue weighted by Gasteiger charge is 2.37. The third-order valence-electron chi connectivity index (χ3n) is 6.65. The topological polar surface area (TPSA) is 103 Å². The van der Waals surface area contributed by atoms with Gasteiger partial charge in [0.1, 0.15) is 5.69 Å². The van der Waals surface area contributed by atoms with Gasteiger partial charge in [-0.15, -0.1) is 0 Å². The third kappa shape index (κ3) is 4.51. The molecule has 2 aromatic carbocycles. The van der Waals surface area contributed by atoms with E-state index in [0.717, 1.165) is 14.9 Å². The largest absolute Gasteiger partial charge is 0.501 e. The molecule has 0 atom stereocenters. The fourth-order valence-electron chi connectivity index (χ4n) is 4.76. The van der Waals surface area contributed by atoms with Crippen molar-refractivity contribution in [1.82, 2.24) is 8.96 Å². The molecule has 0 aliphatic carbocycles. The molecule has 1 aliphatic rings. The average molecular weight is 585 g/mol. The monoisotopic (exact) mass is 584 g/mol. The van der Waals surface area contributed by atoms with Gasteiger partial charge in [-0.3, -0.25) is 9.80 Å². The summed E-state index contributed by atoms with van der Waals surface area (Å²) in [5.41, 5.74) is 0.427. The van der Waals surface area contributed by atoms with Gasteiger partial charge in [-0.1, -0.05) is 18.2 Å². The molecule has 0 saturated carbocycles. The molecule has 1 aliphatic heterocycles. The Kier molecular flexibility index (Phi) is 7.30. The van der Waals surface area contributed by atoms with Crippen LogP contribution in [-0.4, -0.2) is 51.3 Å². The highest BCUT2D eigenvalue weighted by Crippen LogP contribution is 2.43. The number of anilines is 2. The van der Waals surface area contributed by atoms with Crippen LogP contribution >= 0.6 is 0 Å². The molecule has 0 radical (unpaired) electrons. The van der Waals surface area contributed by atoms with Gasteiger partial charge in [-0.25, -0.2) is 30.9 Å². The number of rotatable bonds is 8. The van der Waals surface area contributed by atoms with Gasteiger partial charge in [-0.2, -0.15) is 0 Å². The normalized spacial score (nSPS) is 13.7. The lowest BCUT2D eigenvalue weighted by molar-refractivity contribution is 0.250. The van der Waals surface area contributed by atoms with Crippen LogP contribution in [0.25, 0.3) is 17.1 Å². The predicted molar refractivity (Wildman–Crippen MR) is 149 cm³/mol. The van der Waals surface area contributed by atoms with Crippen molar-refractivity contribution >= 4 is 44.5 Å². The first-order valence-electron chi connectivity index (χ1n) is 12.4. The van der Waals surface area contributed by atoms with Crippen LogP contribution < -0.4 is 19.3 Å². The number of halogens is 2. The van der Waals surface area contributed by atoms with Crippen molar-refractivity contribution in [1.29, 1.82) is 0 Å². The van der Waals surface area contributed by atoms with Crippen LogP contribution in [0.2, 0.25) is 0 Å². The first-order valence-corrected chi connectivity index (χ1v) is 13.9. The molecule has 0 bridgehead atoms. The van der Waals surface area contributed by atoms with Gasteiger partial charge in [-0.05, 0) is 31.2 Å². The van der Waals surface area contributed by atoms with Crippen LogP contribution in [0.1, 0.15) is 18.2 Å². The van der Waals surface area contributed by atoms with E-state index in [1.54, 1.807) is 31.2 Å². The Labute approximate surface area is 235 Å². The number of carbonyl (C=O) groups is 1. The zero-order chi connectivity index (χ0) is 29.5. The van der Waals surface area contributed by atoms with Crippen LogP contribution in [-0.2, 0) is 21.3 Å². The highest BCUT2D eigenvalue weighted by molar-refractivity contribution is 7.90. The number of carbonyl (C=O) groups excluding carboxylic acids is 1. The number of hydrogen-bond acceptors (Lipinski definition) is 7. The molecule has 214 valence electrons. The molecule has 10 nitrogen and oxygen atoms in total. The van der Waals surface area contributed by atoms with Crippen LogP contribution in [0.3, 0.4) is 0 Å². The van der Waals surface area contributed by atoms with Crippen molar-refractivity contribution in [2.24, 2.45) is 0 Å². The Bertz CT molecular complexity index is 1760. The van der Waals surface area contributed by atoms with Crippen molar-refractivity contribution in [2.75, 3.05) is 37.7 Å². The number of urea groups is 1. The summed E-state index contributed by atoms with van der Waals surface area (Å²) in [7, 11) is -0.265. The third-order valence-corrected chi connectivity index (χ3v) is 8.38. The Morgan fingerprint density at radius 2 is 1.68 bits per heavy atom. The second kappa shape index (κ2) is 10.7. The van der Waals surface area contributed by atoms with Crippen LogP contribution in [0.15, 0.2) is 59.8 Å². The molecule has 3 heterocycles. The van der Waals surface area contributed by atoms with Crippen molar-refractivity contribution < 1.29 is 36.2 Å². The lowest BCUT2D eigenvalue weighted by atomic mass is 10.1. The second-order valence-electron chi connectivity index (χ2n) is 8.96. The van der Waals surface area contributed by atoms with Crippen LogP contribution in [0.5, 0.6) is 11.5 Å². The van der Waals surface area contributed by atoms with E-state index in [1.165, 1.54) is 56.8 Å². The molecule has 41 heavy (non-hydrogen) atoms. The standard InChI is InChI=1S/C28H26F2N4O6S/c1-5-40-12-11-18-13-20-25-17(15-31-27(20)34(18)41(36,37)19-9-7-6-8-10-19)16-33(28(35)32(25)2)26-23(29)21(38-3)14-22(39-4)24(26)30/h6-15H,5,16H2,1-4H3. The minimum atomic E-state index is -4.12. The van der Waals surface area contributed by atoms with Gasteiger partial charge in [0.25, 0.3) is 10.0 Å². The second-order valence-corrected chi connectivity index (χ2v) is 10.8. The Morgan fingerprint density at radius 1 is 1.02 bits per heavy atom. The van der Waals surface area contributed by atoms with E-state index in [2.05, 4.69) is 4.98 Å². The zero-order valence-corrected chi connectivity index (χ0v) is 23.4. The molecule has 0 N–H and O–H groups in total. The van der Waals surface area contributed by atoms with E-state index in [1.807, 2.05) is 0 Å².